The van der Waals surface area contributed by atoms with E-state index < -0.39 is 0 Å². The van der Waals surface area contributed by atoms with Gasteiger partial charge >= 0.3 is 0 Å². The van der Waals surface area contributed by atoms with Crippen LogP contribution in [0.15, 0.2) is 12.1 Å². The Hall–Kier alpha value is -1.09. The highest BCUT2D eigenvalue weighted by molar-refractivity contribution is 6.29. The van der Waals surface area contributed by atoms with Gasteiger partial charge in [-0.25, -0.2) is 4.98 Å². The van der Waals surface area contributed by atoms with Crippen molar-refractivity contribution in [1.29, 1.82) is 0 Å². The lowest BCUT2D eigenvalue weighted by Gasteiger charge is -2.35. The van der Waals surface area contributed by atoms with Crippen LogP contribution in [-0.4, -0.2) is 28.9 Å². The fourth-order valence-corrected chi connectivity index (χ4v) is 3.16. The molecule has 0 aliphatic carbocycles. The zero-order valence-corrected chi connectivity index (χ0v) is 13.4. The molecule has 2 unspecified atom stereocenters. The average molecular weight is 295 g/mol. The normalized spacial score (nSPS) is 23.2. The van der Waals surface area contributed by atoms with Crippen LogP contribution in [0.3, 0.4) is 0 Å². The van der Waals surface area contributed by atoms with Crippen LogP contribution < -0.4 is 0 Å². The van der Waals surface area contributed by atoms with E-state index in [2.05, 4.69) is 32.7 Å². The summed E-state index contributed by atoms with van der Waals surface area (Å²) in [4.78, 5) is 18.9. The Kier molecular flexibility index (Phi) is 4.69. The molecule has 1 aromatic heterocycles. The molecular formula is C16H23ClN2O. The van der Waals surface area contributed by atoms with E-state index in [1.54, 1.807) is 6.07 Å². The summed E-state index contributed by atoms with van der Waals surface area (Å²) in [6.45, 7) is 10.2. The SMILES string of the molecule is CC1CC(C)CN(C(=O)c2cc(Cl)nc(C(C)C)c2)C1. The van der Waals surface area contributed by atoms with Crippen molar-refractivity contribution in [3.8, 4) is 0 Å². The Morgan fingerprint density at radius 3 is 2.45 bits per heavy atom. The minimum absolute atomic E-state index is 0.0783. The summed E-state index contributed by atoms with van der Waals surface area (Å²) >= 11 is 6.05. The van der Waals surface area contributed by atoms with E-state index in [0.717, 1.165) is 18.8 Å². The van der Waals surface area contributed by atoms with Gasteiger partial charge in [-0.15, -0.1) is 0 Å². The van der Waals surface area contributed by atoms with Gasteiger partial charge in [-0.05, 0) is 36.3 Å². The minimum Gasteiger partial charge on any atom is -0.338 e. The Bertz CT molecular complexity index is 491. The van der Waals surface area contributed by atoms with Crippen molar-refractivity contribution in [3.63, 3.8) is 0 Å². The summed E-state index contributed by atoms with van der Waals surface area (Å²) in [6, 6.07) is 3.56. The number of pyridine rings is 1. The van der Waals surface area contributed by atoms with Crippen molar-refractivity contribution >= 4 is 17.5 Å². The second-order valence-electron chi connectivity index (χ2n) is 6.41. The molecule has 0 N–H and O–H groups in total. The van der Waals surface area contributed by atoms with Crippen LogP contribution in [0.1, 0.15) is 56.1 Å². The van der Waals surface area contributed by atoms with Crippen molar-refractivity contribution in [1.82, 2.24) is 9.88 Å². The molecule has 0 bridgehead atoms. The quantitative estimate of drug-likeness (QED) is 0.773. The number of piperidine rings is 1. The van der Waals surface area contributed by atoms with E-state index in [-0.39, 0.29) is 11.8 Å². The van der Waals surface area contributed by atoms with E-state index in [0.29, 0.717) is 22.6 Å². The number of halogens is 1. The van der Waals surface area contributed by atoms with Gasteiger partial charge in [0.05, 0.1) is 0 Å². The third-order valence-corrected chi connectivity index (χ3v) is 4.00. The standard InChI is InChI=1S/C16H23ClN2O/c1-10(2)14-6-13(7-15(17)18-14)16(20)19-8-11(3)5-12(4)9-19/h6-7,10-12H,5,8-9H2,1-4H3. The molecule has 2 rings (SSSR count). The molecule has 0 spiro atoms. The molecule has 20 heavy (non-hydrogen) atoms. The molecule has 0 radical (unpaired) electrons. The first-order valence-corrected chi connectivity index (χ1v) is 7.71. The highest BCUT2D eigenvalue weighted by atomic mass is 35.5. The number of carbonyl (C=O) groups excluding carboxylic acids is 1. The van der Waals surface area contributed by atoms with Gasteiger partial charge in [-0.3, -0.25) is 4.79 Å². The van der Waals surface area contributed by atoms with Gasteiger partial charge < -0.3 is 4.90 Å². The first kappa shape index (κ1) is 15.3. The predicted molar refractivity (Wildman–Crippen MR) is 82.2 cm³/mol. The number of rotatable bonds is 2. The van der Waals surface area contributed by atoms with Crippen molar-refractivity contribution in [2.45, 2.75) is 40.0 Å². The fraction of sp³-hybridized carbons (Fsp3) is 0.625. The topological polar surface area (TPSA) is 33.2 Å². The van der Waals surface area contributed by atoms with Crippen molar-refractivity contribution in [2.75, 3.05) is 13.1 Å². The first-order valence-electron chi connectivity index (χ1n) is 7.33. The van der Waals surface area contributed by atoms with Crippen LogP contribution >= 0.6 is 11.6 Å². The third kappa shape index (κ3) is 3.51. The zero-order valence-electron chi connectivity index (χ0n) is 12.7. The predicted octanol–water partition coefficient (Wildman–Crippen LogP) is 3.98. The molecule has 110 valence electrons. The van der Waals surface area contributed by atoms with E-state index in [1.165, 1.54) is 6.42 Å². The maximum absolute atomic E-state index is 12.7. The van der Waals surface area contributed by atoms with Gasteiger partial charge in [0.15, 0.2) is 0 Å². The zero-order chi connectivity index (χ0) is 14.9. The minimum atomic E-state index is 0.0783. The average Bonchev–Trinajstić information content (AvgIpc) is 2.35. The summed E-state index contributed by atoms with van der Waals surface area (Å²) in [5.41, 5.74) is 1.54. The number of nitrogens with zero attached hydrogens (tertiary/aromatic N) is 2. The second kappa shape index (κ2) is 6.13. The number of carbonyl (C=O) groups is 1. The van der Waals surface area contributed by atoms with Crippen LogP contribution in [0.4, 0.5) is 0 Å². The molecule has 3 nitrogen and oxygen atoms in total. The summed E-state index contributed by atoms with van der Waals surface area (Å²) in [5, 5.41) is 0.401. The number of amides is 1. The van der Waals surface area contributed by atoms with Gasteiger partial charge in [0.2, 0.25) is 0 Å². The molecule has 4 heteroatoms. The van der Waals surface area contributed by atoms with Crippen molar-refractivity contribution < 1.29 is 4.79 Å². The Balaban J connectivity index is 2.24. The molecule has 0 aromatic carbocycles. The maximum Gasteiger partial charge on any atom is 0.254 e. The second-order valence-corrected chi connectivity index (χ2v) is 6.80. The van der Waals surface area contributed by atoms with Crippen molar-refractivity contribution in [3.05, 3.63) is 28.5 Å². The molecule has 1 amide bonds. The molecule has 0 saturated carbocycles. The smallest absolute Gasteiger partial charge is 0.254 e. The van der Waals surface area contributed by atoms with Gasteiger partial charge in [0, 0.05) is 24.3 Å². The highest BCUT2D eigenvalue weighted by Gasteiger charge is 2.26. The first-order chi connectivity index (χ1) is 9.36. The Morgan fingerprint density at radius 1 is 1.30 bits per heavy atom. The molecule has 1 fully saturated rings. The lowest BCUT2D eigenvalue weighted by Crippen LogP contribution is -2.42. The Morgan fingerprint density at radius 2 is 1.90 bits per heavy atom. The lowest BCUT2D eigenvalue weighted by molar-refractivity contribution is 0.0623. The summed E-state index contributed by atoms with van der Waals surface area (Å²) in [6.07, 6.45) is 1.19. The number of hydrogen-bond acceptors (Lipinski definition) is 2. The molecule has 2 atom stereocenters. The largest absolute Gasteiger partial charge is 0.338 e. The molecule has 1 aliphatic heterocycles. The summed E-state index contributed by atoms with van der Waals surface area (Å²) < 4.78 is 0. The van der Waals surface area contributed by atoms with Crippen LogP contribution in [0.5, 0.6) is 0 Å². The van der Waals surface area contributed by atoms with Crippen LogP contribution in [0.25, 0.3) is 0 Å². The lowest BCUT2D eigenvalue weighted by atomic mass is 9.91. The Labute approximate surface area is 126 Å². The van der Waals surface area contributed by atoms with Gasteiger partial charge in [-0.2, -0.15) is 0 Å². The summed E-state index contributed by atoms with van der Waals surface area (Å²) in [7, 11) is 0. The van der Waals surface area contributed by atoms with Gasteiger partial charge in [0.1, 0.15) is 5.15 Å². The molecule has 1 saturated heterocycles. The van der Waals surface area contributed by atoms with E-state index in [1.807, 2.05) is 11.0 Å². The van der Waals surface area contributed by atoms with Gasteiger partial charge in [0.25, 0.3) is 5.91 Å². The summed E-state index contributed by atoms with van der Waals surface area (Å²) in [5.74, 6) is 1.46. The van der Waals surface area contributed by atoms with E-state index in [4.69, 9.17) is 11.6 Å². The van der Waals surface area contributed by atoms with E-state index >= 15 is 0 Å². The van der Waals surface area contributed by atoms with E-state index in [9.17, 15) is 4.79 Å². The number of likely N-dealkylation sites (tertiary alicyclic amines) is 1. The van der Waals surface area contributed by atoms with Crippen LogP contribution in [-0.2, 0) is 0 Å². The number of hydrogen-bond donors (Lipinski definition) is 0. The molecule has 2 heterocycles. The maximum atomic E-state index is 12.7. The van der Waals surface area contributed by atoms with Crippen molar-refractivity contribution in [2.24, 2.45) is 11.8 Å². The van der Waals surface area contributed by atoms with Gasteiger partial charge in [-0.1, -0.05) is 39.3 Å². The number of aromatic nitrogens is 1. The monoisotopic (exact) mass is 294 g/mol. The highest BCUT2D eigenvalue weighted by Crippen LogP contribution is 2.24. The molecule has 1 aromatic rings. The van der Waals surface area contributed by atoms with Crippen LogP contribution in [0, 0.1) is 11.8 Å². The molecule has 1 aliphatic rings. The van der Waals surface area contributed by atoms with Crippen LogP contribution in [0.2, 0.25) is 5.15 Å². The fourth-order valence-electron chi connectivity index (χ4n) is 2.95. The third-order valence-electron chi connectivity index (χ3n) is 3.81. The molecular weight excluding hydrogens is 272 g/mol.